The summed E-state index contributed by atoms with van der Waals surface area (Å²) in [5.74, 6) is 1.25. The molecule has 0 radical (unpaired) electrons. The minimum Gasteiger partial charge on any atom is -0.444 e. The number of nitrogens with two attached hydrogens (primary N) is 1. The zero-order valence-electron chi connectivity index (χ0n) is 10.8. The van der Waals surface area contributed by atoms with E-state index < -0.39 is 5.60 Å². The molecule has 4 nitrogen and oxygen atoms in total. The van der Waals surface area contributed by atoms with Crippen molar-refractivity contribution in [2.45, 2.75) is 45.3 Å². The van der Waals surface area contributed by atoms with Crippen LogP contribution in [-0.2, 0) is 4.74 Å². The summed E-state index contributed by atoms with van der Waals surface area (Å²) in [6.45, 7) is 7.09. The average Bonchev–Trinajstić information content (AvgIpc) is 2.87. The number of carbonyl (C=O) groups is 1. The van der Waals surface area contributed by atoms with Crippen LogP contribution in [0.15, 0.2) is 0 Å². The predicted octanol–water partition coefficient (Wildman–Crippen LogP) is 2.01. The second kappa shape index (κ2) is 5.02. The first-order valence-electron chi connectivity index (χ1n) is 6.10. The number of carbonyl (C=O) groups excluding carboxylic acids is 1. The third-order valence-electron chi connectivity index (χ3n) is 3.29. The van der Waals surface area contributed by atoms with Crippen LogP contribution < -0.4 is 5.73 Å². The van der Waals surface area contributed by atoms with E-state index in [4.69, 9.17) is 10.5 Å². The molecule has 1 saturated heterocycles. The van der Waals surface area contributed by atoms with Crippen LogP contribution in [0.25, 0.3) is 0 Å². The molecule has 17 heavy (non-hydrogen) atoms. The number of amides is 1. The summed E-state index contributed by atoms with van der Waals surface area (Å²) < 4.78 is 5.35. The van der Waals surface area contributed by atoms with Crippen molar-refractivity contribution in [3.63, 3.8) is 0 Å². The lowest BCUT2D eigenvalue weighted by Gasteiger charge is -2.24. The largest absolute Gasteiger partial charge is 0.444 e. The molecule has 0 aromatic rings. The van der Waals surface area contributed by atoms with Gasteiger partial charge in [0.05, 0.1) is 0 Å². The molecule has 2 N–H and O–H groups in total. The number of hydrogen-bond acceptors (Lipinski definition) is 3. The van der Waals surface area contributed by atoms with Crippen molar-refractivity contribution >= 4 is 18.5 Å². The fraction of sp³-hybridized carbons (Fsp3) is 0.917. The minimum absolute atomic E-state index is 0. The molecule has 2 aliphatic rings. The maximum absolute atomic E-state index is 11.8. The maximum atomic E-state index is 11.8. The van der Waals surface area contributed by atoms with Gasteiger partial charge in [-0.05, 0) is 45.4 Å². The predicted molar refractivity (Wildman–Crippen MR) is 69.2 cm³/mol. The Morgan fingerprint density at radius 3 is 2.35 bits per heavy atom. The van der Waals surface area contributed by atoms with Crippen molar-refractivity contribution in [3.05, 3.63) is 0 Å². The quantitative estimate of drug-likeness (QED) is 0.787. The van der Waals surface area contributed by atoms with Crippen molar-refractivity contribution in [2.75, 3.05) is 13.1 Å². The van der Waals surface area contributed by atoms with Crippen molar-refractivity contribution in [1.29, 1.82) is 0 Å². The van der Waals surface area contributed by atoms with E-state index in [1.807, 2.05) is 20.8 Å². The Balaban J connectivity index is 0.00000144. The first kappa shape index (κ1) is 14.6. The molecule has 2 rings (SSSR count). The third kappa shape index (κ3) is 3.75. The van der Waals surface area contributed by atoms with E-state index in [1.54, 1.807) is 4.90 Å². The van der Waals surface area contributed by atoms with Crippen LogP contribution in [0.3, 0.4) is 0 Å². The molecular formula is C12H23ClN2O2. The molecule has 0 bridgehead atoms. The molecule has 1 aliphatic carbocycles. The molecule has 5 heteroatoms. The average molecular weight is 263 g/mol. The number of ether oxygens (including phenoxy) is 1. The van der Waals surface area contributed by atoms with Gasteiger partial charge in [-0.25, -0.2) is 4.79 Å². The Hall–Kier alpha value is -0.480. The Bertz CT molecular complexity index is 287. The summed E-state index contributed by atoms with van der Waals surface area (Å²) in [5.41, 5.74) is 5.64. The fourth-order valence-electron chi connectivity index (χ4n) is 2.35. The monoisotopic (exact) mass is 262 g/mol. The van der Waals surface area contributed by atoms with E-state index in [2.05, 4.69) is 0 Å². The van der Waals surface area contributed by atoms with E-state index in [0.717, 1.165) is 12.5 Å². The maximum Gasteiger partial charge on any atom is 0.410 e. The van der Waals surface area contributed by atoms with Crippen LogP contribution in [0.2, 0.25) is 0 Å². The molecule has 1 saturated carbocycles. The molecule has 1 amide bonds. The summed E-state index contributed by atoms with van der Waals surface area (Å²) in [7, 11) is 0. The summed E-state index contributed by atoms with van der Waals surface area (Å²) >= 11 is 0. The van der Waals surface area contributed by atoms with Gasteiger partial charge in [0.2, 0.25) is 0 Å². The zero-order chi connectivity index (χ0) is 11.9. The fourth-order valence-corrected chi connectivity index (χ4v) is 2.35. The van der Waals surface area contributed by atoms with Gasteiger partial charge < -0.3 is 15.4 Å². The van der Waals surface area contributed by atoms with Gasteiger partial charge in [-0.1, -0.05) is 0 Å². The van der Waals surface area contributed by atoms with Crippen molar-refractivity contribution < 1.29 is 9.53 Å². The van der Waals surface area contributed by atoms with Crippen LogP contribution >= 0.6 is 12.4 Å². The second-order valence-electron chi connectivity index (χ2n) is 6.05. The van der Waals surface area contributed by atoms with Gasteiger partial charge in [0.1, 0.15) is 5.60 Å². The van der Waals surface area contributed by atoms with Crippen LogP contribution in [0, 0.1) is 11.8 Å². The van der Waals surface area contributed by atoms with E-state index >= 15 is 0 Å². The highest BCUT2D eigenvalue weighted by atomic mass is 35.5. The molecule has 0 aromatic carbocycles. The molecule has 0 spiro atoms. The van der Waals surface area contributed by atoms with E-state index in [0.29, 0.717) is 12.5 Å². The second-order valence-corrected chi connectivity index (χ2v) is 6.05. The van der Waals surface area contributed by atoms with Gasteiger partial charge in [-0.15, -0.1) is 12.4 Å². The molecule has 2 unspecified atom stereocenters. The van der Waals surface area contributed by atoms with Gasteiger partial charge in [0.15, 0.2) is 0 Å². The highest BCUT2D eigenvalue weighted by Gasteiger charge is 2.43. The number of nitrogens with zero attached hydrogens (tertiary/aromatic N) is 1. The number of halogens is 1. The standard InChI is InChI=1S/C12H22N2O2.ClH/c1-12(2,3)16-11(15)14-6-9(8-4-5-8)10(13)7-14;/h8-10H,4-7,13H2,1-3H3;1H. The molecular weight excluding hydrogens is 240 g/mol. The molecule has 100 valence electrons. The smallest absolute Gasteiger partial charge is 0.410 e. The zero-order valence-corrected chi connectivity index (χ0v) is 11.6. The number of rotatable bonds is 1. The number of likely N-dealkylation sites (tertiary alicyclic amines) is 1. The topological polar surface area (TPSA) is 55.6 Å². The van der Waals surface area contributed by atoms with Crippen LogP contribution in [0.4, 0.5) is 4.79 Å². The SMILES string of the molecule is CC(C)(C)OC(=O)N1CC(N)C(C2CC2)C1.Cl. The van der Waals surface area contributed by atoms with Gasteiger partial charge >= 0.3 is 6.09 Å². The Labute approximate surface area is 109 Å². The minimum atomic E-state index is -0.418. The lowest BCUT2D eigenvalue weighted by Crippen LogP contribution is -2.36. The van der Waals surface area contributed by atoms with E-state index in [1.165, 1.54) is 12.8 Å². The van der Waals surface area contributed by atoms with Gasteiger partial charge in [0.25, 0.3) is 0 Å². The van der Waals surface area contributed by atoms with E-state index in [9.17, 15) is 4.79 Å². The van der Waals surface area contributed by atoms with Gasteiger partial charge in [-0.3, -0.25) is 0 Å². The Morgan fingerprint density at radius 2 is 1.88 bits per heavy atom. The summed E-state index contributed by atoms with van der Waals surface area (Å²) in [5, 5.41) is 0. The normalized spacial score (nSPS) is 28.8. The molecule has 1 aliphatic heterocycles. The molecule has 2 atom stereocenters. The Morgan fingerprint density at radius 1 is 1.29 bits per heavy atom. The van der Waals surface area contributed by atoms with Crippen molar-refractivity contribution in [3.8, 4) is 0 Å². The molecule has 0 aromatic heterocycles. The summed E-state index contributed by atoms with van der Waals surface area (Å²) in [6, 6.07) is 0.139. The highest BCUT2D eigenvalue weighted by molar-refractivity contribution is 5.85. The first-order valence-corrected chi connectivity index (χ1v) is 6.10. The van der Waals surface area contributed by atoms with Crippen LogP contribution in [0.1, 0.15) is 33.6 Å². The first-order chi connectivity index (χ1) is 7.37. The summed E-state index contributed by atoms with van der Waals surface area (Å²) in [6.07, 6.45) is 2.34. The lowest BCUT2D eigenvalue weighted by atomic mass is 9.99. The van der Waals surface area contributed by atoms with Crippen LogP contribution in [0.5, 0.6) is 0 Å². The lowest BCUT2D eigenvalue weighted by molar-refractivity contribution is 0.0285. The number of hydrogen-bond donors (Lipinski definition) is 1. The van der Waals surface area contributed by atoms with Crippen molar-refractivity contribution in [2.24, 2.45) is 17.6 Å². The summed E-state index contributed by atoms with van der Waals surface area (Å²) in [4.78, 5) is 13.6. The van der Waals surface area contributed by atoms with Crippen molar-refractivity contribution in [1.82, 2.24) is 4.90 Å². The highest BCUT2D eigenvalue weighted by Crippen LogP contribution is 2.41. The van der Waals surface area contributed by atoms with E-state index in [-0.39, 0.29) is 24.5 Å². The molecule has 2 fully saturated rings. The third-order valence-corrected chi connectivity index (χ3v) is 3.29. The van der Waals surface area contributed by atoms with Gasteiger partial charge in [-0.2, -0.15) is 0 Å². The van der Waals surface area contributed by atoms with Crippen LogP contribution in [-0.4, -0.2) is 35.7 Å². The Kier molecular flexibility index (Phi) is 4.31. The molecule has 1 heterocycles. The van der Waals surface area contributed by atoms with Gasteiger partial charge in [0, 0.05) is 19.1 Å².